The van der Waals surface area contributed by atoms with E-state index in [1.807, 2.05) is 13.0 Å². The lowest BCUT2D eigenvalue weighted by Crippen LogP contribution is -2.26. The van der Waals surface area contributed by atoms with Gasteiger partial charge in [-0.15, -0.1) is 11.3 Å². The standard InChI is InChI=1S/C20H17N3O3S2/c1-14-3-6-18(19(11-14)26-2)23(20-22-9-10-27-20)28(24,25)17-5-4-16-13-21-8-7-15(16)12-17/h3-13H,1-2H3. The van der Waals surface area contributed by atoms with Gasteiger partial charge in [-0.2, -0.15) is 0 Å². The second kappa shape index (κ2) is 7.21. The van der Waals surface area contributed by atoms with Gasteiger partial charge < -0.3 is 4.74 Å². The number of aromatic nitrogens is 2. The molecular weight excluding hydrogens is 394 g/mol. The third-order valence-electron chi connectivity index (χ3n) is 4.30. The van der Waals surface area contributed by atoms with Gasteiger partial charge >= 0.3 is 0 Å². The van der Waals surface area contributed by atoms with Crippen LogP contribution in [-0.2, 0) is 10.0 Å². The molecule has 0 aliphatic rings. The van der Waals surface area contributed by atoms with E-state index in [-0.39, 0.29) is 4.90 Å². The highest BCUT2D eigenvalue weighted by Gasteiger charge is 2.31. The molecule has 142 valence electrons. The van der Waals surface area contributed by atoms with Crippen LogP contribution in [0.25, 0.3) is 10.8 Å². The minimum atomic E-state index is -3.93. The molecule has 0 N–H and O–H groups in total. The summed E-state index contributed by atoms with van der Waals surface area (Å²) in [5.74, 6) is 0.462. The Kier molecular flexibility index (Phi) is 4.74. The number of sulfonamides is 1. The molecule has 0 amide bonds. The normalized spacial score (nSPS) is 11.5. The highest BCUT2D eigenvalue weighted by Crippen LogP contribution is 2.40. The van der Waals surface area contributed by atoms with E-state index in [1.165, 1.54) is 22.8 Å². The molecule has 2 aromatic heterocycles. The van der Waals surface area contributed by atoms with Crippen LogP contribution in [0.3, 0.4) is 0 Å². The molecule has 0 unspecified atom stereocenters. The smallest absolute Gasteiger partial charge is 0.270 e. The van der Waals surface area contributed by atoms with E-state index in [4.69, 9.17) is 4.74 Å². The Morgan fingerprint density at radius 2 is 1.89 bits per heavy atom. The number of rotatable bonds is 5. The zero-order valence-electron chi connectivity index (χ0n) is 15.2. The van der Waals surface area contributed by atoms with Gasteiger partial charge in [0, 0.05) is 29.4 Å². The van der Waals surface area contributed by atoms with Crippen molar-refractivity contribution >= 4 is 43.0 Å². The molecule has 0 saturated heterocycles. The molecule has 4 aromatic rings. The van der Waals surface area contributed by atoms with Crippen LogP contribution in [0.15, 0.2) is 71.3 Å². The largest absolute Gasteiger partial charge is 0.495 e. The van der Waals surface area contributed by atoms with Crippen LogP contribution in [-0.4, -0.2) is 25.5 Å². The first kappa shape index (κ1) is 18.4. The minimum absolute atomic E-state index is 0.170. The lowest BCUT2D eigenvalue weighted by Gasteiger charge is -2.24. The highest BCUT2D eigenvalue weighted by atomic mass is 32.2. The first-order valence-electron chi connectivity index (χ1n) is 8.44. The maximum Gasteiger partial charge on any atom is 0.270 e. The van der Waals surface area contributed by atoms with Crippen molar-refractivity contribution in [3.05, 3.63) is 72.0 Å². The van der Waals surface area contributed by atoms with E-state index in [0.717, 1.165) is 16.3 Å². The van der Waals surface area contributed by atoms with Crippen LogP contribution in [0.1, 0.15) is 5.56 Å². The fourth-order valence-corrected chi connectivity index (χ4v) is 5.30. The SMILES string of the molecule is COc1cc(C)ccc1N(c1nccs1)S(=O)(=O)c1ccc2cnccc2c1. The van der Waals surface area contributed by atoms with Crippen LogP contribution in [0.5, 0.6) is 5.75 Å². The molecule has 0 bridgehead atoms. The Labute approximate surface area is 167 Å². The monoisotopic (exact) mass is 411 g/mol. The van der Waals surface area contributed by atoms with Crippen molar-refractivity contribution in [2.75, 3.05) is 11.4 Å². The third kappa shape index (κ3) is 3.21. The van der Waals surface area contributed by atoms with Crippen LogP contribution in [0.4, 0.5) is 10.8 Å². The summed E-state index contributed by atoms with van der Waals surface area (Å²) in [6.45, 7) is 1.92. The van der Waals surface area contributed by atoms with Crippen molar-refractivity contribution in [3.63, 3.8) is 0 Å². The van der Waals surface area contributed by atoms with Crippen LogP contribution >= 0.6 is 11.3 Å². The predicted octanol–water partition coefficient (Wildman–Crippen LogP) is 4.54. The molecule has 8 heteroatoms. The Morgan fingerprint density at radius 1 is 1.04 bits per heavy atom. The van der Waals surface area contributed by atoms with Gasteiger partial charge in [-0.1, -0.05) is 12.1 Å². The molecule has 0 radical (unpaired) electrons. The average Bonchev–Trinajstić information content (AvgIpc) is 3.22. The molecule has 28 heavy (non-hydrogen) atoms. The molecule has 0 aliphatic carbocycles. The molecule has 0 aliphatic heterocycles. The zero-order chi connectivity index (χ0) is 19.7. The zero-order valence-corrected chi connectivity index (χ0v) is 16.9. The van der Waals surface area contributed by atoms with Crippen molar-refractivity contribution in [3.8, 4) is 5.75 Å². The van der Waals surface area contributed by atoms with Crippen LogP contribution in [0.2, 0.25) is 0 Å². The van der Waals surface area contributed by atoms with Crippen molar-refractivity contribution < 1.29 is 13.2 Å². The van der Waals surface area contributed by atoms with E-state index >= 15 is 0 Å². The quantitative estimate of drug-likeness (QED) is 0.482. The summed E-state index contributed by atoms with van der Waals surface area (Å²) in [6.07, 6.45) is 4.92. The Hall–Kier alpha value is -2.97. The number of anilines is 2. The number of hydrogen-bond donors (Lipinski definition) is 0. The number of nitrogens with zero attached hydrogens (tertiary/aromatic N) is 3. The van der Waals surface area contributed by atoms with Gasteiger partial charge in [0.2, 0.25) is 5.13 Å². The second-order valence-electron chi connectivity index (χ2n) is 6.14. The first-order chi connectivity index (χ1) is 13.5. The minimum Gasteiger partial charge on any atom is -0.495 e. The van der Waals surface area contributed by atoms with Gasteiger partial charge in [-0.25, -0.2) is 17.7 Å². The van der Waals surface area contributed by atoms with Crippen molar-refractivity contribution in [2.24, 2.45) is 0 Å². The van der Waals surface area contributed by atoms with E-state index < -0.39 is 10.0 Å². The molecule has 0 atom stereocenters. The van der Waals surface area contributed by atoms with E-state index in [0.29, 0.717) is 16.6 Å². The number of pyridine rings is 1. The summed E-state index contributed by atoms with van der Waals surface area (Å²) < 4.78 is 34.0. The van der Waals surface area contributed by atoms with Crippen molar-refractivity contribution in [1.29, 1.82) is 0 Å². The maximum absolute atomic E-state index is 13.6. The van der Waals surface area contributed by atoms with Crippen molar-refractivity contribution in [2.45, 2.75) is 11.8 Å². The van der Waals surface area contributed by atoms with Crippen LogP contribution in [0, 0.1) is 6.92 Å². The van der Waals surface area contributed by atoms with Gasteiger partial charge in [-0.05, 0) is 48.2 Å². The van der Waals surface area contributed by atoms with Gasteiger partial charge in [0.25, 0.3) is 10.0 Å². The fourth-order valence-electron chi connectivity index (χ4n) is 2.93. The average molecular weight is 412 g/mol. The topological polar surface area (TPSA) is 72.4 Å². The predicted molar refractivity (Wildman–Crippen MR) is 111 cm³/mol. The fraction of sp³-hybridized carbons (Fsp3) is 0.100. The number of fused-ring (bicyclic) bond motifs is 1. The highest BCUT2D eigenvalue weighted by molar-refractivity contribution is 7.93. The second-order valence-corrected chi connectivity index (χ2v) is 8.80. The lowest BCUT2D eigenvalue weighted by molar-refractivity contribution is 0.415. The van der Waals surface area contributed by atoms with E-state index in [1.54, 1.807) is 60.4 Å². The lowest BCUT2D eigenvalue weighted by atomic mass is 10.2. The number of benzene rings is 2. The van der Waals surface area contributed by atoms with E-state index in [2.05, 4.69) is 9.97 Å². The summed E-state index contributed by atoms with van der Waals surface area (Å²) in [5, 5.41) is 3.75. The maximum atomic E-state index is 13.6. The number of methoxy groups -OCH3 is 1. The number of ether oxygens (including phenoxy) is 1. The number of aryl methyl sites for hydroxylation is 1. The molecule has 2 heterocycles. The molecular formula is C20H17N3O3S2. The number of thiazole rings is 1. The third-order valence-corrected chi connectivity index (χ3v) is 6.87. The Bertz CT molecular complexity index is 1240. The molecule has 0 fully saturated rings. The summed E-state index contributed by atoms with van der Waals surface area (Å²) in [6, 6.07) is 12.2. The van der Waals surface area contributed by atoms with Gasteiger partial charge in [0.05, 0.1) is 12.0 Å². The molecule has 2 aromatic carbocycles. The molecule has 4 rings (SSSR count). The van der Waals surface area contributed by atoms with Crippen LogP contribution < -0.4 is 9.04 Å². The molecule has 0 spiro atoms. The summed E-state index contributed by atoms with van der Waals surface area (Å²) in [5.41, 5.74) is 1.38. The summed E-state index contributed by atoms with van der Waals surface area (Å²) in [7, 11) is -2.41. The summed E-state index contributed by atoms with van der Waals surface area (Å²) in [4.78, 5) is 8.49. The Morgan fingerprint density at radius 3 is 2.64 bits per heavy atom. The van der Waals surface area contributed by atoms with E-state index in [9.17, 15) is 8.42 Å². The number of hydrogen-bond acceptors (Lipinski definition) is 6. The molecule has 0 saturated carbocycles. The molecule has 6 nitrogen and oxygen atoms in total. The van der Waals surface area contributed by atoms with Gasteiger partial charge in [-0.3, -0.25) is 4.98 Å². The summed E-state index contributed by atoms with van der Waals surface area (Å²) >= 11 is 1.24. The van der Waals surface area contributed by atoms with Crippen molar-refractivity contribution in [1.82, 2.24) is 9.97 Å². The Balaban J connectivity index is 1.93. The van der Waals surface area contributed by atoms with Gasteiger partial charge in [0.1, 0.15) is 11.4 Å². The van der Waals surface area contributed by atoms with Gasteiger partial charge in [0.15, 0.2) is 0 Å². The first-order valence-corrected chi connectivity index (χ1v) is 10.8.